The first-order valence-electron chi connectivity index (χ1n) is 39.1. The highest BCUT2D eigenvalue weighted by Crippen LogP contribution is 2.32. The van der Waals surface area contributed by atoms with E-state index in [9.17, 15) is 59.1 Å². The summed E-state index contributed by atoms with van der Waals surface area (Å²) in [5, 5.41) is 212. The van der Waals surface area contributed by atoms with Crippen molar-refractivity contribution in [1.82, 2.24) is 0 Å². The van der Waals surface area contributed by atoms with E-state index in [4.69, 9.17) is 107 Å². The monoisotopic (exact) mass is 1780 g/mol. The summed E-state index contributed by atoms with van der Waals surface area (Å²) >= 11 is 0. The Morgan fingerprint density at radius 3 is 0.727 bits per heavy atom. The van der Waals surface area contributed by atoms with Crippen LogP contribution in [0.2, 0.25) is 0 Å². The second-order valence-corrected chi connectivity index (χ2v) is 30.1. The molecule has 0 amide bonds. The van der Waals surface area contributed by atoms with Gasteiger partial charge in [0, 0.05) is 22.3 Å². The molecule has 732 valence electrons. The molecule has 0 spiro atoms. The summed E-state index contributed by atoms with van der Waals surface area (Å²) in [5.41, 5.74) is -11.3. The van der Waals surface area contributed by atoms with E-state index >= 15 is 0 Å². The molecule has 0 aromatic carbocycles. The van der Waals surface area contributed by atoms with Crippen LogP contribution >= 0.6 is 0 Å². The lowest BCUT2D eigenvalue weighted by Gasteiger charge is -2.31. The van der Waals surface area contributed by atoms with Crippen molar-refractivity contribution in [2.75, 3.05) is 121 Å². The third-order valence-electron chi connectivity index (χ3n) is 18.6. The Labute approximate surface area is 722 Å². The number of methoxy groups -OCH3 is 4. The van der Waals surface area contributed by atoms with Gasteiger partial charge in [0.25, 0.3) is 0 Å². The van der Waals surface area contributed by atoms with Gasteiger partial charge in [-0.15, -0.1) is 39.5 Å². The fourth-order valence-electron chi connectivity index (χ4n) is 6.89. The Bertz CT molecular complexity index is 2410. The molecule has 0 aliphatic carbocycles. The molecule has 6 atom stereocenters. The first-order chi connectivity index (χ1) is 55.3. The molecule has 0 heterocycles. The van der Waals surface area contributed by atoms with Gasteiger partial charge in [-0.25, -0.2) is 4.79 Å². The Morgan fingerprint density at radius 2 is 0.636 bits per heavy atom. The van der Waals surface area contributed by atoms with Gasteiger partial charge in [-0.3, -0.25) is 28.8 Å². The fourth-order valence-corrected chi connectivity index (χ4v) is 6.89. The van der Waals surface area contributed by atoms with Gasteiger partial charge in [-0.1, -0.05) is 124 Å². The molecule has 0 fully saturated rings. The number of carboxylic acid groups (broad SMARTS) is 2. The number of hydrogen-bond acceptors (Lipinski definition) is 35. The molecule has 0 aromatic heterocycles. The van der Waals surface area contributed by atoms with Crippen LogP contribution in [-0.4, -0.2) is 336 Å². The predicted octanol–water partition coefficient (Wildman–Crippen LogP) is 2.91. The number of carbonyl (C=O) groups is 6. The Morgan fingerprint density at radius 1 is 0.355 bits per heavy atom. The van der Waals surface area contributed by atoms with Gasteiger partial charge in [0.05, 0.1) is 180 Å². The zero-order chi connectivity index (χ0) is 101. The summed E-state index contributed by atoms with van der Waals surface area (Å²) < 4.78 is 17.9. The summed E-state index contributed by atoms with van der Waals surface area (Å²) in [5.74, 6) is -6.28. The molecule has 121 heavy (non-hydrogen) atoms. The SMILES string of the molecule is C=C.C=C.C=C.CC.CC(C)C(O)(CO)CO.CCC(C(=O)O)C(C)(C)O.CCC(C(=O)O)C(O)(CO)CO.CCC(C)(C)O.CCC(C)(CO)CO.CCC(C)C(C)(C)O.CCC(C)C(C)(CO)CO.CCC(O)(CO)CO.COC(=O)CC(C(=O)OC)C(C)(C)O.COC(=O)CC(C(=O)OC)C(C)(CO)CO.O=C=CC(O)(CO)CO.O=C=O. The second-order valence-electron chi connectivity index (χ2n) is 30.1. The topological polar surface area (TPSA) is 676 Å². The number of ether oxygens (including phenoxy) is 4. The highest BCUT2D eigenvalue weighted by atomic mass is 16.5. The van der Waals surface area contributed by atoms with Gasteiger partial charge in [-0.2, -0.15) is 9.59 Å². The quantitative estimate of drug-likeness (QED) is 0.0184. The first-order valence-corrected chi connectivity index (χ1v) is 39.1. The van der Waals surface area contributed by atoms with Crippen LogP contribution < -0.4 is 0 Å². The van der Waals surface area contributed by atoms with Gasteiger partial charge in [0.15, 0.2) is 0 Å². The summed E-state index contributed by atoms with van der Waals surface area (Å²) in [4.78, 5) is 91.5. The smallest absolute Gasteiger partial charge is 0.373 e. The molecule has 0 radical (unpaired) electrons. The number of carboxylic acids is 2. The third kappa shape index (κ3) is 83.3. The van der Waals surface area contributed by atoms with Gasteiger partial charge in [-0.05, 0) is 105 Å². The zero-order valence-corrected chi connectivity index (χ0v) is 78.7. The first kappa shape index (κ1) is 152. The summed E-state index contributed by atoms with van der Waals surface area (Å²) in [6.45, 7) is 56.1. The third-order valence-corrected chi connectivity index (χ3v) is 18.6. The molecule has 0 rings (SSSR count). The fraction of sp³-hybridized carbons (Fsp3) is 0.821. The van der Waals surface area contributed by atoms with Crippen molar-refractivity contribution >= 4 is 47.9 Å². The molecule has 0 bridgehead atoms. The molecule has 0 aliphatic rings. The predicted molar refractivity (Wildman–Crippen MR) is 461 cm³/mol. The minimum Gasteiger partial charge on any atom is -0.481 e. The van der Waals surface area contributed by atoms with Crippen LogP contribution in [0.3, 0.4) is 0 Å². The van der Waals surface area contributed by atoms with E-state index in [1.165, 1.54) is 69.0 Å². The lowest BCUT2D eigenvalue weighted by atomic mass is 9.76. The molecule has 37 heteroatoms. The number of aliphatic hydroxyl groups is 22. The van der Waals surface area contributed by atoms with Gasteiger partial charge in [0.1, 0.15) is 28.3 Å². The summed E-state index contributed by atoms with van der Waals surface area (Å²) in [6.07, 6.45) is 5.18. The van der Waals surface area contributed by atoms with Crippen LogP contribution in [0.4, 0.5) is 0 Å². The van der Waals surface area contributed by atoms with Crippen molar-refractivity contribution in [3.63, 3.8) is 0 Å². The highest BCUT2D eigenvalue weighted by Gasteiger charge is 2.42. The molecule has 0 aromatic rings. The van der Waals surface area contributed by atoms with Crippen LogP contribution in [0.25, 0.3) is 0 Å². The molecular weight excluding hydrogens is 1600 g/mol. The van der Waals surface area contributed by atoms with Crippen molar-refractivity contribution in [2.24, 2.45) is 57.7 Å². The van der Waals surface area contributed by atoms with E-state index < -0.39 is 149 Å². The minimum absolute atomic E-state index is 0.0680. The van der Waals surface area contributed by atoms with Crippen molar-refractivity contribution in [1.29, 1.82) is 0 Å². The van der Waals surface area contributed by atoms with E-state index in [-0.39, 0.29) is 95.0 Å². The largest absolute Gasteiger partial charge is 0.481 e. The maximum absolute atomic E-state index is 11.5. The molecule has 37 nitrogen and oxygen atoms in total. The van der Waals surface area contributed by atoms with Crippen molar-refractivity contribution < 1.29 is 185 Å². The molecular formula is C84H174O37. The molecule has 0 saturated heterocycles. The Balaban J connectivity index is -0.0000000713. The zero-order valence-electron chi connectivity index (χ0n) is 78.7. The lowest BCUT2D eigenvalue weighted by molar-refractivity contribution is -0.192. The normalized spacial score (nSPS) is 12.4. The van der Waals surface area contributed by atoms with Crippen LogP contribution in [-0.2, 0) is 62.1 Å². The Hall–Kier alpha value is -6.01. The number of aliphatic carboxylic acids is 2. The van der Waals surface area contributed by atoms with Gasteiger partial charge >= 0.3 is 42.0 Å². The standard InChI is InChI=1S/C10H18O6.C9H16O5.C8H18O2.C7H14O5.C7H14O3.C7H16O.C6H14O3.C6H14O2.C5H8O4.C5H12O3.C5H12O.C2H6.3C2H4.CO2/c1-10(5-11,6-12)7(9(14)16-3)4-8(13)15-2;1-9(2,12)6(8(11)14-4)5-7(10)13-3;1-4-7(2)8(3,5-9)6-10;1-2-5(6(10)11)7(12,3-8)4-9;1-4-5(6(8)9)7(2,3)10;1-5-6(2)7(3,4)8;1-5(2)6(9,3-7)4-8;1-3-6(2,4-7)5-8;6-2-1-5(9,3-7)4-8;1-2-5(8,3-6)4-7;1-4-5(2,3)6;4*1-2;2-1-3/h7,11-12H,4-6H2,1-3H3;6,12H,5H2,1-4H3;7,9-10H,4-6H2,1-3H3;5,8-9,12H,2-4H2,1H3,(H,10,11);5,10H,4H2,1-3H3,(H,8,9);6,8H,5H2,1-4H3;5,7-9H,3-4H2,1-2H3;7-8H,3-5H2,1-2H3;1,7-9H,3-4H2;6-8H,2-4H2,1H3;6H,4H2,1-3H3;1-2H3;3*1-2H2;. The van der Waals surface area contributed by atoms with Crippen LogP contribution in [0, 0.1) is 57.7 Å². The lowest BCUT2D eigenvalue weighted by Crippen LogP contribution is -2.48. The number of hydrogen-bond donors (Lipinski definition) is 24. The van der Waals surface area contributed by atoms with E-state index in [1.54, 1.807) is 48.5 Å². The average molecular weight is 1780 g/mol. The molecule has 0 saturated carbocycles. The Kier molecular flexibility index (Phi) is 110. The summed E-state index contributed by atoms with van der Waals surface area (Å²) in [6, 6.07) is 0. The van der Waals surface area contributed by atoms with E-state index in [1.807, 2.05) is 62.3 Å². The number of esters is 4. The second kappa shape index (κ2) is 87.5. The van der Waals surface area contributed by atoms with Crippen LogP contribution in [0.1, 0.15) is 224 Å². The van der Waals surface area contributed by atoms with Crippen molar-refractivity contribution in [3.05, 3.63) is 45.5 Å². The van der Waals surface area contributed by atoms with Crippen molar-refractivity contribution in [3.8, 4) is 0 Å². The number of carbonyl (C=O) groups excluding carboxylic acids is 7. The highest BCUT2D eigenvalue weighted by molar-refractivity contribution is 5.81. The van der Waals surface area contributed by atoms with E-state index in [0.29, 0.717) is 30.8 Å². The van der Waals surface area contributed by atoms with Crippen LogP contribution in [0.15, 0.2) is 45.5 Å². The number of rotatable bonds is 37. The minimum atomic E-state index is -1.92. The maximum Gasteiger partial charge on any atom is 0.373 e. The van der Waals surface area contributed by atoms with Crippen LogP contribution in [0.5, 0.6) is 0 Å². The number of aliphatic hydroxyl groups excluding tert-OH is 14. The average Bonchev–Trinajstić information content (AvgIpc) is 0.834. The molecule has 0 aliphatic heterocycles. The van der Waals surface area contributed by atoms with E-state index in [0.717, 1.165) is 25.7 Å². The van der Waals surface area contributed by atoms with Crippen molar-refractivity contribution in [2.45, 2.75) is 269 Å². The molecule has 6 unspecified atom stereocenters. The van der Waals surface area contributed by atoms with E-state index in [2.05, 4.69) is 79.2 Å². The van der Waals surface area contributed by atoms with Gasteiger partial charge in [0.2, 0.25) is 0 Å². The van der Waals surface area contributed by atoms with Gasteiger partial charge < -0.3 is 142 Å². The summed E-state index contributed by atoms with van der Waals surface area (Å²) in [7, 11) is 4.81. The molecule has 24 N–H and O–H groups in total. The maximum atomic E-state index is 11.5.